The van der Waals surface area contributed by atoms with Crippen LogP contribution < -0.4 is 5.32 Å². The van der Waals surface area contributed by atoms with E-state index in [9.17, 15) is 9.59 Å². The van der Waals surface area contributed by atoms with Gasteiger partial charge in [0, 0.05) is 23.8 Å². The van der Waals surface area contributed by atoms with E-state index in [1.807, 2.05) is 30.3 Å². The van der Waals surface area contributed by atoms with Gasteiger partial charge in [0.1, 0.15) is 6.10 Å². The van der Waals surface area contributed by atoms with Crippen LogP contribution in [0.3, 0.4) is 0 Å². The quantitative estimate of drug-likeness (QED) is 0.893. The van der Waals surface area contributed by atoms with Crippen LogP contribution in [0.25, 0.3) is 0 Å². The Labute approximate surface area is 151 Å². The molecule has 2 amide bonds. The van der Waals surface area contributed by atoms with Gasteiger partial charge in [0.25, 0.3) is 5.91 Å². The van der Waals surface area contributed by atoms with Crippen molar-refractivity contribution < 1.29 is 14.3 Å². The van der Waals surface area contributed by atoms with E-state index in [0.29, 0.717) is 30.4 Å². The highest BCUT2D eigenvalue weighted by Crippen LogP contribution is 2.17. The summed E-state index contributed by atoms with van der Waals surface area (Å²) < 4.78 is 5.51. The molecule has 5 nitrogen and oxygen atoms in total. The van der Waals surface area contributed by atoms with Gasteiger partial charge in [-0.3, -0.25) is 9.59 Å². The molecule has 2 aromatic rings. The number of carbonyl (C=O) groups excluding carboxylic acids is 2. The van der Waals surface area contributed by atoms with Gasteiger partial charge in [-0.15, -0.1) is 0 Å². The minimum atomic E-state index is -0.753. The van der Waals surface area contributed by atoms with E-state index in [0.717, 1.165) is 5.56 Å². The first-order chi connectivity index (χ1) is 12.1. The average molecular weight is 359 g/mol. The van der Waals surface area contributed by atoms with Gasteiger partial charge >= 0.3 is 0 Å². The van der Waals surface area contributed by atoms with E-state index < -0.39 is 6.10 Å². The molecule has 0 saturated carbocycles. The van der Waals surface area contributed by atoms with Crippen molar-refractivity contribution in [2.24, 2.45) is 0 Å². The summed E-state index contributed by atoms with van der Waals surface area (Å²) in [6.45, 7) is 1.48. The molecular formula is C19H19ClN2O3. The number of halogens is 1. The fourth-order valence-electron chi connectivity index (χ4n) is 2.74. The van der Waals surface area contributed by atoms with Crippen molar-refractivity contribution in [1.82, 2.24) is 4.90 Å². The normalized spacial score (nSPS) is 17.4. The summed E-state index contributed by atoms with van der Waals surface area (Å²) in [5.74, 6) is -0.432. The first-order valence-corrected chi connectivity index (χ1v) is 8.49. The van der Waals surface area contributed by atoms with Crippen LogP contribution in [0.1, 0.15) is 12.0 Å². The van der Waals surface area contributed by atoms with Gasteiger partial charge in [-0.2, -0.15) is 0 Å². The summed E-state index contributed by atoms with van der Waals surface area (Å²) in [6, 6.07) is 16.7. The first kappa shape index (κ1) is 17.5. The van der Waals surface area contributed by atoms with Crippen LogP contribution in [0.4, 0.5) is 5.69 Å². The Bertz CT molecular complexity index is 751. The first-order valence-electron chi connectivity index (χ1n) is 8.11. The van der Waals surface area contributed by atoms with Gasteiger partial charge in [0.05, 0.1) is 13.0 Å². The van der Waals surface area contributed by atoms with Crippen molar-refractivity contribution in [1.29, 1.82) is 0 Å². The SMILES string of the molecule is O=C(CC1OCCN(Cc2ccccc2)C1=O)Nc1cccc(Cl)c1. The Morgan fingerprint density at radius 3 is 2.76 bits per heavy atom. The molecule has 1 N–H and O–H groups in total. The lowest BCUT2D eigenvalue weighted by molar-refractivity contribution is -0.155. The van der Waals surface area contributed by atoms with Crippen molar-refractivity contribution >= 4 is 29.1 Å². The number of hydrogen-bond donors (Lipinski definition) is 1. The molecule has 2 aromatic carbocycles. The van der Waals surface area contributed by atoms with Crippen molar-refractivity contribution in [3.63, 3.8) is 0 Å². The molecule has 1 saturated heterocycles. The van der Waals surface area contributed by atoms with Crippen molar-refractivity contribution in [2.45, 2.75) is 19.1 Å². The maximum atomic E-state index is 12.6. The number of morpholine rings is 1. The third-order valence-corrected chi connectivity index (χ3v) is 4.20. The monoisotopic (exact) mass is 358 g/mol. The molecule has 0 bridgehead atoms. The third kappa shape index (κ3) is 4.81. The molecule has 25 heavy (non-hydrogen) atoms. The molecule has 6 heteroatoms. The lowest BCUT2D eigenvalue weighted by Crippen LogP contribution is -2.48. The van der Waals surface area contributed by atoms with E-state index in [-0.39, 0.29) is 18.2 Å². The van der Waals surface area contributed by atoms with Crippen molar-refractivity contribution in [2.75, 3.05) is 18.5 Å². The van der Waals surface area contributed by atoms with Crippen LogP contribution in [-0.4, -0.2) is 36.0 Å². The number of nitrogens with zero attached hydrogens (tertiary/aromatic N) is 1. The Morgan fingerprint density at radius 1 is 1.20 bits per heavy atom. The lowest BCUT2D eigenvalue weighted by Gasteiger charge is -2.32. The van der Waals surface area contributed by atoms with Crippen LogP contribution in [-0.2, 0) is 20.9 Å². The molecule has 1 aliphatic rings. The Morgan fingerprint density at radius 2 is 2.00 bits per heavy atom. The number of ether oxygens (including phenoxy) is 1. The zero-order valence-electron chi connectivity index (χ0n) is 13.7. The minimum Gasteiger partial charge on any atom is -0.366 e. The molecule has 1 unspecified atom stereocenters. The van der Waals surface area contributed by atoms with Crippen LogP contribution in [0, 0.1) is 0 Å². The van der Waals surface area contributed by atoms with Gasteiger partial charge in [-0.05, 0) is 23.8 Å². The van der Waals surface area contributed by atoms with Crippen LogP contribution in [0.5, 0.6) is 0 Å². The maximum Gasteiger partial charge on any atom is 0.252 e. The van der Waals surface area contributed by atoms with E-state index in [1.165, 1.54) is 0 Å². The molecule has 1 aliphatic heterocycles. The molecule has 3 rings (SSSR count). The average Bonchev–Trinajstić information content (AvgIpc) is 2.59. The van der Waals surface area contributed by atoms with Crippen LogP contribution in [0.2, 0.25) is 5.02 Å². The second kappa shape index (κ2) is 8.14. The Kier molecular flexibility index (Phi) is 5.68. The van der Waals surface area contributed by atoms with Gasteiger partial charge in [0.2, 0.25) is 5.91 Å². The fraction of sp³-hybridized carbons (Fsp3) is 0.263. The molecule has 0 spiro atoms. The van der Waals surface area contributed by atoms with Crippen LogP contribution in [0.15, 0.2) is 54.6 Å². The summed E-state index contributed by atoms with van der Waals surface area (Å²) in [6.07, 6.45) is -0.770. The zero-order chi connectivity index (χ0) is 17.6. The molecule has 0 aromatic heterocycles. The Balaban J connectivity index is 1.58. The van der Waals surface area contributed by atoms with Crippen molar-refractivity contribution in [3.8, 4) is 0 Å². The zero-order valence-corrected chi connectivity index (χ0v) is 14.4. The summed E-state index contributed by atoms with van der Waals surface area (Å²) in [5.41, 5.74) is 1.65. The highest BCUT2D eigenvalue weighted by atomic mass is 35.5. The van der Waals surface area contributed by atoms with Crippen molar-refractivity contribution in [3.05, 3.63) is 65.2 Å². The topological polar surface area (TPSA) is 58.6 Å². The number of amides is 2. The smallest absolute Gasteiger partial charge is 0.252 e. The number of carbonyl (C=O) groups is 2. The standard InChI is InChI=1S/C19H19ClN2O3/c20-15-7-4-8-16(11-15)21-18(23)12-17-19(24)22(9-10-25-17)13-14-5-2-1-3-6-14/h1-8,11,17H,9-10,12-13H2,(H,21,23). The lowest BCUT2D eigenvalue weighted by atomic mass is 10.1. The second-order valence-electron chi connectivity index (χ2n) is 5.87. The Hall–Kier alpha value is -2.37. The van der Waals surface area contributed by atoms with E-state index >= 15 is 0 Å². The van der Waals surface area contributed by atoms with E-state index in [2.05, 4.69) is 5.32 Å². The molecule has 0 aliphatic carbocycles. The van der Waals surface area contributed by atoms with Gasteiger partial charge in [-0.25, -0.2) is 0 Å². The molecular weight excluding hydrogens is 340 g/mol. The van der Waals surface area contributed by atoms with Gasteiger partial charge < -0.3 is 15.0 Å². The van der Waals surface area contributed by atoms with Crippen LogP contribution >= 0.6 is 11.6 Å². The highest BCUT2D eigenvalue weighted by molar-refractivity contribution is 6.30. The third-order valence-electron chi connectivity index (χ3n) is 3.96. The minimum absolute atomic E-state index is 0.0172. The summed E-state index contributed by atoms with van der Waals surface area (Å²) >= 11 is 5.90. The predicted molar refractivity (Wildman–Crippen MR) is 96.3 cm³/mol. The molecule has 1 fully saturated rings. The summed E-state index contributed by atoms with van der Waals surface area (Å²) in [7, 11) is 0. The van der Waals surface area contributed by atoms with Gasteiger partial charge in [-0.1, -0.05) is 48.0 Å². The molecule has 1 atom stereocenters. The number of nitrogens with one attached hydrogen (secondary N) is 1. The summed E-state index contributed by atoms with van der Waals surface area (Å²) in [4.78, 5) is 26.5. The largest absolute Gasteiger partial charge is 0.366 e. The highest BCUT2D eigenvalue weighted by Gasteiger charge is 2.31. The van der Waals surface area contributed by atoms with E-state index in [4.69, 9.17) is 16.3 Å². The molecule has 0 radical (unpaired) electrons. The van der Waals surface area contributed by atoms with E-state index in [1.54, 1.807) is 29.2 Å². The maximum absolute atomic E-state index is 12.6. The second-order valence-corrected chi connectivity index (χ2v) is 6.30. The number of benzene rings is 2. The van der Waals surface area contributed by atoms with Gasteiger partial charge in [0.15, 0.2) is 0 Å². The predicted octanol–water partition coefficient (Wildman–Crippen LogP) is 3.10. The summed E-state index contributed by atoms with van der Waals surface area (Å²) in [5, 5.41) is 3.28. The molecule has 130 valence electrons. The number of hydrogen-bond acceptors (Lipinski definition) is 3. The number of anilines is 1. The number of rotatable bonds is 5. The molecule has 1 heterocycles. The fourth-order valence-corrected chi connectivity index (χ4v) is 2.93.